The maximum absolute atomic E-state index is 13.2. The molecule has 2 aromatic carbocycles. The van der Waals surface area contributed by atoms with Crippen molar-refractivity contribution in [1.82, 2.24) is 14.5 Å². The van der Waals surface area contributed by atoms with E-state index in [4.69, 9.17) is 4.42 Å². The zero-order chi connectivity index (χ0) is 27.5. The van der Waals surface area contributed by atoms with E-state index in [0.29, 0.717) is 44.4 Å². The van der Waals surface area contributed by atoms with Gasteiger partial charge in [0.1, 0.15) is 0 Å². The summed E-state index contributed by atoms with van der Waals surface area (Å²) in [7, 11) is 0. The third-order valence-corrected chi connectivity index (χ3v) is 7.35. The number of aromatic nitrogens is 3. The van der Waals surface area contributed by atoms with Crippen LogP contribution in [0.3, 0.4) is 0 Å². The van der Waals surface area contributed by atoms with E-state index in [-0.39, 0.29) is 18.4 Å². The Morgan fingerprint density at radius 3 is 2.44 bits per heavy atom. The number of aryl methyl sites for hydroxylation is 1. The Morgan fingerprint density at radius 2 is 1.79 bits per heavy atom. The van der Waals surface area contributed by atoms with Gasteiger partial charge in [0.15, 0.2) is 11.7 Å². The van der Waals surface area contributed by atoms with E-state index in [1.807, 2.05) is 0 Å². The molecule has 6 rings (SSSR count). The minimum Gasteiger partial charge on any atom is -0.440 e. The van der Waals surface area contributed by atoms with Crippen LogP contribution in [0.25, 0.3) is 21.7 Å². The maximum atomic E-state index is 13.2. The first-order valence-corrected chi connectivity index (χ1v) is 13.0. The Hall–Kier alpha value is -4.61. The van der Waals surface area contributed by atoms with Crippen LogP contribution < -0.4 is 10.2 Å². The van der Waals surface area contributed by atoms with Crippen LogP contribution in [-0.2, 0) is 6.54 Å². The van der Waals surface area contributed by atoms with Crippen molar-refractivity contribution >= 4 is 51.7 Å². The molecular formula is C28H23N5O5S. The van der Waals surface area contributed by atoms with Gasteiger partial charge < -0.3 is 14.1 Å². The fourth-order valence-electron chi connectivity index (χ4n) is 4.55. The molecule has 10 nitrogen and oxygen atoms in total. The van der Waals surface area contributed by atoms with E-state index in [0.717, 1.165) is 9.78 Å². The number of thiophene rings is 1. The number of nitrogens with one attached hydrogen (secondary N) is 1. The first-order chi connectivity index (χ1) is 18.6. The molecular weight excluding hydrogens is 518 g/mol. The molecule has 0 unspecified atom stereocenters. The molecule has 1 aliphatic heterocycles. The van der Waals surface area contributed by atoms with E-state index in [1.54, 1.807) is 86.1 Å². The predicted molar refractivity (Wildman–Crippen MR) is 146 cm³/mol. The Balaban J connectivity index is 1.35. The summed E-state index contributed by atoms with van der Waals surface area (Å²) in [5.74, 6) is 0.138. The highest BCUT2D eigenvalue weighted by Gasteiger charge is 2.36. The first kappa shape index (κ1) is 24.7. The van der Waals surface area contributed by atoms with Gasteiger partial charge in [-0.3, -0.25) is 19.7 Å². The molecule has 0 radical (unpaired) electrons. The van der Waals surface area contributed by atoms with Crippen molar-refractivity contribution in [2.75, 3.05) is 10.2 Å². The van der Waals surface area contributed by atoms with Gasteiger partial charge in [-0.1, -0.05) is 12.1 Å². The number of hydrogen-bond donors (Lipinski definition) is 2. The summed E-state index contributed by atoms with van der Waals surface area (Å²) in [6.45, 7) is 5.20. The molecule has 3 amide bonds. The second kappa shape index (κ2) is 9.00. The van der Waals surface area contributed by atoms with E-state index in [9.17, 15) is 19.5 Å². The van der Waals surface area contributed by atoms with Crippen molar-refractivity contribution in [3.05, 3.63) is 82.7 Å². The number of amides is 3. The van der Waals surface area contributed by atoms with E-state index >= 15 is 0 Å². The number of hydrogen-bond acceptors (Lipinski definition) is 8. The molecule has 11 heteroatoms. The number of aliphatic hydroxyl groups is 1. The number of benzene rings is 2. The van der Waals surface area contributed by atoms with Gasteiger partial charge >= 0.3 is 0 Å². The normalized spacial score (nSPS) is 13.4. The average molecular weight is 542 g/mol. The topological polar surface area (TPSA) is 131 Å². The van der Waals surface area contributed by atoms with Gasteiger partial charge in [0.05, 0.1) is 55.9 Å². The second-order valence-corrected chi connectivity index (χ2v) is 10.9. The largest absolute Gasteiger partial charge is 0.440 e. The van der Waals surface area contributed by atoms with Crippen molar-refractivity contribution in [3.63, 3.8) is 0 Å². The highest BCUT2D eigenvalue weighted by molar-refractivity contribution is 7.17. The van der Waals surface area contributed by atoms with E-state index in [2.05, 4.69) is 15.3 Å². The summed E-state index contributed by atoms with van der Waals surface area (Å²) >= 11 is 1.25. The molecule has 196 valence electrons. The minimum absolute atomic E-state index is 0.137. The number of anilines is 2. The van der Waals surface area contributed by atoms with Crippen LogP contribution in [0.15, 0.2) is 65.2 Å². The lowest BCUT2D eigenvalue weighted by atomic mass is 10.1. The molecule has 3 aromatic heterocycles. The number of oxazole rings is 1. The average Bonchev–Trinajstić information content (AvgIpc) is 3.66. The van der Waals surface area contributed by atoms with Crippen molar-refractivity contribution in [2.24, 2.45) is 0 Å². The fourth-order valence-corrected chi connectivity index (χ4v) is 5.40. The SMILES string of the molecule is Cc1ncc(-c2ccc(C(=O)Nc3nc4cc(N5C(=O)c6ccccc6C5=O)ccc4n3CC(C)(C)O)s2)o1. The Morgan fingerprint density at radius 1 is 1.08 bits per heavy atom. The monoisotopic (exact) mass is 541 g/mol. The smallest absolute Gasteiger partial charge is 0.268 e. The number of nitrogens with zero attached hydrogens (tertiary/aromatic N) is 4. The molecule has 5 aromatic rings. The lowest BCUT2D eigenvalue weighted by molar-refractivity contribution is 0.0630. The lowest BCUT2D eigenvalue weighted by Crippen LogP contribution is -2.29. The molecule has 0 bridgehead atoms. The van der Waals surface area contributed by atoms with Gasteiger partial charge in [-0.2, -0.15) is 0 Å². The summed E-state index contributed by atoms with van der Waals surface area (Å²) in [4.78, 5) is 50.2. The van der Waals surface area contributed by atoms with Crippen LogP contribution in [0.2, 0.25) is 0 Å². The summed E-state index contributed by atoms with van der Waals surface area (Å²) in [6, 6.07) is 15.2. The number of imidazole rings is 1. The molecule has 4 heterocycles. The molecule has 0 aliphatic carbocycles. The maximum Gasteiger partial charge on any atom is 0.268 e. The summed E-state index contributed by atoms with van der Waals surface area (Å²) in [5, 5.41) is 13.4. The van der Waals surface area contributed by atoms with Crippen LogP contribution in [0, 0.1) is 6.92 Å². The third-order valence-electron chi connectivity index (χ3n) is 6.25. The van der Waals surface area contributed by atoms with Gasteiger partial charge in [-0.05, 0) is 56.3 Å². The molecule has 0 fully saturated rings. The van der Waals surface area contributed by atoms with Gasteiger partial charge in [0.2, 0.25) is 5.95 Å². The molecule has 2 N–H and O–H groups in total. The van der Waals surface area contributed by atoms with Crippen LogP contribution >= 0.6 is 11.3 Å². The standard InChI is InChI=1S/C28H23N5O5S/c1-15-29-13-21(38-15)22-10-11-23(39-22)24(34)31-27-30-19-12-16(8-9-20(19)32(27)14-28(2,3)37)33-25(35)17-6-4-5-7-18(17)26(33)36/h4-13,37H,14H2,1-3H3,(H,30,31,34). The lowest BCUT2D eigenvalue weighted by Gasteiger charge is -2.20. The van der Waals surface area contributed by atoms with Gasteiger partial charge in [0.25, 0.3) is 17.7 Å². The van der Waals surface area contributed by atoms with E-state index < -0.39 is 17.4 Å². The quantitative estimate of drug-likeness (QED) is 0.293. The molecule has 0 saturated carbocycles. The molecule has 0 spiro atoms. The number of imide groups is 1. The number of carbonyl (C=O) groups is 3. The van der Waals surface area contributed by atoms with Gasteiger partial charge in [0, 0.05) is 6.92 Å². The fraction of sp³-hybridized carbons (Fsp3) is 0.179. The van der Waals surface area contributed by atoms with Crippen LogP contribution in [0.4, 0.5) is 11.6 Å². The molecule has 0 saturated heterocycles. The highest BCUT2D eigenvalue weighted by Crippen LogP contribution is 2.33. The van der Waals surface area contributed by atoms with Crippen molar-refractivity contribution in [3.8, 4) is 10.6 Å². The van der Waals surface area contributed by atoms with Gasteiger partial charge in [-0.15, -0.1) is 11.3 Å². The highest BCUT2D eigenvalue weighted by atomic mass is 32.1. The number of carbonyl (C=O) groups excluding carboxylic acids is 3. The zero-order valence-electron chi connectivity index (χ0n) is 21.3. The Labute approximate surface area is 226 Å². The number of rotatable bonds is 6. The molecule has 39 heavy (non-hydrogen) atoms. The Kier molecular flexibility index (Phi) is 5.70. The second-order valence-electron chi connectivity index (χ2n) is 9.86. The minimum atomic E-state index is -1.12. The van der Waals surface area contributed by atoms with Crippen molar-refractivity contribution in [1.29, 1.82) is 0 Å². The van der Waals surface area contributed by atoms with Crippen molar-refractivity contribution in [2.45, 2.75) is 32.9 Å². The molecule has 0 atom stereocenters. The first-order valence-electron chi connectivity index (χ1n) is 12.1. The predicted octanol–water partition coefficient (Wildman–Crippen LogP) is 4.89. The Bertz CT molecular complexity index is 1760. The van der Waals surface area contributed by atoms with Crippen LogP contribution in [-0.4, -0.2) is 43.0 Å². The van der Waals surface area contributed by atoms with Crippen molar-refractivity contribution < 1.29 is 23.9 Å². The van der Waals surface area contributed by atoms with Gasteiger partial charge in [-0.25, -0.2) is 14.9 Å². The summed E-state index contributed by atoms with van der Waals surface area (Å²) in [5.41, 5.74) is 1.01. The van der Waals surface area contributed by atoms with Crippen LogP contribution in [0.1, 0.15) is 50.1 Å². The molecule has 1 aliphatic rings. The summed E-state index contributed by atoms with van der Waals surface area (Å²) in [6.07, 6.45) is 1.61. The third kappa shape index (κ3) is 4.41. The van der Waals surface area contributed by atoms with E-state index in [1.165, 1.54) is 11.3 Å². The summed E-state index contributed by atoms with van der Waals surface area (Å²) < 4.78 is 7.26. The number of fused-ring (bicyclic) bond motifs is 2. The van der Waals surface area contributed by atoms with Crippen LogP contribution in [0.5, 0.6) is 0 Å². The zero-order valence-corrected chi connectivity index (χ0v) is 22.1.